The maximum absolute atomic E-state index is 2.82. The van der Waals surface area contributed by atoms with Gasteiger partial charge in [-0.2, -0.15) is 0 Å². The van der Waals surface area contributed by atoms with Gasteiger partial charge in [0.1, 0.15) is 0 Å². The second-order valence-corrected chi connectivity index (χ2v) is 10.6. The molecule has 0 N–H and O–H groups in total. The topological polar surface area (TPSA) is 13.0 Å². The van der Waals surface area contributed by atoms with Crippen molar-refractivity contribution in [1.82, 2.24) is 18.3 Å². The molecule has 0 radical (unpaired) electrons. The molecule has 0 aliphatic carbocycles. The fourth-order valence-electron chi connectivity index (χ4n) is 2.49. The first-order chi connectivity index (χ1) is 9.40. The molecule has 0 aromatic carbocycles. The summed E-state index contributed by atoms with van der Waals surface area (Å²) in [5, 5.41) is 1.43. The summed E-state index contributed by atoms with van der Waals surface area (Å²) in [6.45, 7) is 9.93. The van der Waals surface area contributed by atoms with E-state index in [-0.39, 0.29) is 0 Å². The Morgan fingerprint density at radius 3 is 1.90 bits per heavy atom. The van der Waals surface area contributed by atoms with Crippen molar-refractivity contribution in [3.63, 3.8) is 0 Å². The number of hydrogen-bond donors (Lipinski definition) is 0. The van der Waals surface area contributed by atoms with Crippen molar-refractivity contribution < 1.29 is 0 Å². The number of rotatable bonds is 8. The van der Waals surface area contributed by atoms with Crippen molar-refractivity contribution in [2.45, 2.75) is 38.8 Å². The van der Waals surface area contributed by atoms with Gasteiger partial charge in [0, 0.05) is 0 Å². The van der Waals surface area contributed by atoms with Crippen molar-refractivity contribution in [2.24, 2.45) is 0 Å². The van der Waals surface area contributed by atoms with Gasteiger partial charge in [0.15, 0.2) is 0 Å². The zero-order chi connectivity index (χ0) is 15.1. The third-order valence-corrected chi connectivity index (χ3v) is 9.35. The van der Waals surface area contributed by atoms with Gasteiger partial charge in [0.25, 0.3) is 0 Å². The van der Waals surface area contributed by atoms with Crippen molar-refractivity contribution in [3.8, 4) is 0 Å². The van der Waals surface area contributed by atoms with E-state index < -0.39 is 17.6 Å². The zero-order valence-corrected chi connectivity index (χ0v) is 17.6. The van der Waals surface area contributed by atoms with E-state index in [9.17, 15) is 0 Å². The van der Waals surface area contributed by atoms with Gasteiger partial charge in [0.05, 0.1) is 0 Å². The molecule has 0 bridgehead atoms. The summed E-state index contributed by atoms with van der Waals surface area (Å²) in [6.07, 6.45) is 2.64. The Balaban J connectivity index is 2.14. The van der Waals surface area contributed by atoms with Crippen molar-refractivity contribution >= 4 is 17.6 Å². The second kappa shape index (κ2) is 9.48. The van der Waals surface area contributed by atoms with Crippen LogP contribution in [0.5, 0.6) is 0 Å². The van der Waals surface area contributed by atoms with Gasteiger partial charge in [-0.15, -0.1) is 0 Å². The number of nitrogens with zero attached hydrogens (tertiary/aromatic N) is 4. The average molecular weight is 341 g/mol. The van der Waals surface area contributed by atoms with Gasteiger partial charge in [-0.05, 0) is 0 Å². The van der Waals surface area contributed by atoms with Gasteiger partial charge in [0.2, 0.25) is 0 Å². The molecule has 1 fully saturated rings. The first kappa shape index (κ1) is 18.5. The summed E-state index contributed by atoms with van der Waals surface area (Å²) in [5.74, 6) is 0. The fraction of sp³-hybridized carbons (Fsp3) is 1.00. The summed E-state index contributed by atoms with van der Waals surface area (Å²) in [7, 11) is 8.75. The van der Waals surface area contributed by atoms with Crippen molar-refractivity contribution in [3.05, 3.63) is 0 Å². The Bertz CT molecular complexity index is 226. The quantitative estimate of drug-likeness (QED) is 0.600. The molecule has 20 heavy (non-hydrogen) atoms. The fourth-order valence-corrected chi connectivity index (χ4v) is 6.23. The SMILES string of the molecule is CC(CCN1CC[N](CCC(C)N(C)C)[GaH][CH2]1)N(C)C. The van der Waals surface area contributed by atoms with Crippen LogP contribution < -0.4 is 0 Å². The van der Waals surface area contributed by atoms with Gasteiger partial charge < -0.3 is 0 Å². The summed E-state index contributed by atoms with van der Waals surface area (Å²) in [6, 6.07) is 1.43. The van der Waals surface area contributed by atoms with Crippen LogP contribution in [0.4, 0.5) is 0 Å². The van der Waals surface area contributed by atoms with Crippen LogP contribution in [0.2, 0.25) is 0 Å². The van der Waals surface area contributed by atoms with E-state index in [0.29, 0.717) is 6.04 Å². The summed E-state index contributed by atoms with van der Waals surface area (Å²) < 4.78 is 2.82. The zero-order valence-electron chi connectivity index (χ0n) is 14.6. The molecule has 118 valence electrons. The van der Waals surface area contributed by atoms with Crippen LogP contribution in [0.15, 0.2) is 0 Å². The molecule has 2 unspecified atom stereocenters. The average Bonchev–Trinajstić information content (AvgIpc) is 2.42. The van der Waals surface area contributed by atoms with Crippen LogP contribution in [0.1, 0.15) is 26.7 Å². The van der Waals surface area contributed by atoms with Crippen molar-refractivity contribution in [2.75, 3.05) is 59.5 Å². The summed E-state index contributed by atoms with van der Waals surface area (Å²) in [5.41, 5.74) is 0. The van der Waals surface area contributed by atoms with Crippen LogP contribution >= 0.6 is 0 Å². The molecule has 0 spiro atoms. The van der Waals surface area contributed by atoms with Gasteiger partial charge >= 0.3 is 134 Å². The molecule has 0 aromatic heterocycles. The van der Waals surface area contributed by atoms with Crippen LogP contribution in [0.25, 0.3) is 0 Å². The molecule has 0 saturated carbocycles. The van der Waals surface area contributed by atoms with E-state index in [1.54, 1.807) is 0 Å². The third kappa shape index (κ3) is 6.96. The van der Waals surface area contributed by atoms with Crippen LogP contribution in [-0.4, -0.2) is 108 Å². The maximum atomic E-state index is 2.82. The molecule has 4 nitrogen and oxygen atoms in total. The van der Waals surface area contributed by atoms with E-state index in [4.69, 9.17) is 0 Å². The normalized spacial score (nSPS) is 21.2. The summed E-state index contributed by atoms with van der Waals surface area (Å²) >= 11 is -0.476. The minimum atomic E-state index is -0.476. The molecule has 1 aliphatic rings. The molecule has 1 heterocycles. The second-order valence-electron chi connectivity index (χ2n) is 6.89. The molecule has 1 aliphatic heterocycles. The molecule has 5 heteroatoms. The van der Waals surface area contributed by atoms with E-state index in [1.807, 2.05) is 0 Å². The first-order valence-electron chi connectivity index (χ1n) is 8.17. The predicted molar refractivity (Wildman–Crippen MR) is 90.7 cm³/mol. The van der Waals surface area contributed by atoms with Crippen LogP contribution in [-0.2, 0) is 0 Å². The van der Waals surface area contributed by atoms with E-state index in [1.165, 1.54) is 44.1 Å². The monoisotopic (exact) mass is 340 g/mol. The Hall–Kier alpha value is 0.476. The summed E-state index contributed by atoms with van der Waals surface area (Å²) in [4.78, 5) is 7.39. The van der Waals surface area contributed by atoms with E-state index in [2.05, 4.69) is 60.3 Å². The Labute approximate surface area is 134 Å². The van der Waals surface area contributed by atoms with Gasteiger partial charge in [-0.3, -0.25) is 0 Å². The van der Waals surface area contributed by atoms with Crippen molar-refractivity contribution in [1.29, 1.82) is 0 Å². The van der Waals surface area contributed by atoms with Crippen LogP contribution in [0, 0.1) is 0 Å². The molecule has 1 saturated heterocycles. The molecular weight excluding hydrogens is 306 g/mol. The Kier molecular flexibility index (Phi) is 8.79. The number of hydrogen-bond acceptors (Lipinski definition) is 4. The minimum absolute atomic E-state index is 0.476. The Morgan fingerprint density at radius 1 is 0.900 bits per heavy atom. The van der Waals surface area contributed by atoms with E-state index >= 15 is 0 Å². The molecule has 1 rings (SSSR count). The van der Waals surface area contributed by atoms with Gasteiger partial charge in [-0.1, -0.05) is 0 Å². The van der Waals surface area contributed by atoms with E-state index in [0.717, 1.165) is 6.04 Å². The molecule has 2 atom stereocenters. The molecule has 0 amide bonds. The molecular formula is C15H35GaN4. The standard InChI is InChI=1S/C15H34N4.Ga.H/c1-14(17(3)4)8-10-16-11-13-19(7)12-9-15(2)18(5)6;;/h14-15H,7-13H2,1-6H3;;/q-1;+1;. The predicted octanol–water partition coefficient (Wildman–Crippen LogP) is 0.593. The Morgan fingerprint density at radius 2 is 1.45 bits per heavy atom. The first-order valence-corrected chi connectivity index (χ1v) is 11.6. The van der Waals surface area contributed by atoms with Crippen LogP contribution in [0.3, 0.4) is 0 Å². The third-order valence-electron chi connectivity index (χ3n) is 4.95. The molecule has 0 aromatic rings. The van der Waals surface area contributed by atoms with Gasteiger partial charge in [-0.25, -0.2) is 0 Å².